The van der Waals surface area contributed by atoms with E-state index in [2.05, 4.69) is 10.3 Å². The van der Waals surface area contributed by atoms with Crippen LogP contribution >= 0.6 is 0 Å². The molecule has 2 aromatic rings. The van der Waals surface area contributed by atoms with E-state index in [4.69, 9.17) is 14.6 Å². The van der Waals surface area contributed by atoms with Crippen LogP contribution in [0.2, 0.25) is 0 Å². The topological polar surface area (TPSA) is 97.8 Å². The lowest BCUT2D eigenvalue weighted by atomic mass is 10.1. The van der Waals surface area contributed by atoms with Gasteiger partial charge in [-0.15, -0.1) is 0 Å². The molecule has 0 aliphatic carbocycles. The highest BCUT2D eigenvalue weighted by Gasteiger charge is 2.17. The second-order valence-electron chi connectivity index (χ2n) is 5.98. The molecule has 136 valence electrons. The first-order valence-corrected chi connectivity index (χ1v) is 8.47. The number of para-hydroxylation sites is 2. The number of carboxylic acids is 1. The Hall–Kier alpha value is -2.93. The highest BCUT2D eigenvalue weighted by atomic mass is 16.5. The predicted octanol–water partition coefficient (Wildman–Crippen LogP) is 2.98. The van der Waals surface area contributed by atoms with E-state index in [-0.39, 0.29) is 17.4 Å². The van der Waals surface area contributed by atoms with Gasteiger partial charge in [-0.2, -0.15) is 0 Å². The zero-order valence-electron chi connectivity index (χ0n) is 14.2. The Morgan fingerprint density at radius 3 is 2.88 bits per heavy atom. The first-order chi connectivity index (χ1) is 12.6. The van der Waals surface area contributed by atoms with E-state index in [1.165, 1.54) is 18.3 Å². The number of anilines is 1. The van der Waals surface area contributed by atoms with Gasteiger partial charge in [0.2, 0.25) is 0 Å². The molecule has 0 saturated carbocycles. The van der Waals surface area contributed by atoms with Crippen LogP contribution in [-0.4, -0.2) is 41.3 Å². The molecular formula is C19H20N2O5. The monoisotopic (exact) mass is 356 g/mol. The molecule has 2 heterocycles. The van der Waals surface area contributed by atoms with Gasteiger partial charge >= 0.3 is 5.97 Å². The van der Waals surface area contributed by atoms with E-state index in [1.54, 1.807) is 18.2 Å². The van der Waals surface area contributed by atoms with Gasteiger partial charge in [-0.25, -0.2) is 4.79 Å². The van der Waals surface area contributed by atoms with Crippen molar-refractivity contribution in [2.75, 3.05) is 18.5 Å². The molecule has 1 aromatic carbocycles. The minimum absolute atomic E-state index is 0.00383. The molecule has 7 nitrogen and oxygen atoms in total. The largest absolute Gasteiger partial charge is 0.489 e. The maximum absolute atomic E-state index is 12.4. The summed E-state index contributed by atoms with van der Waals surface area (Å²) >= 11 is 0. The summed E-state index contributed by atoms with van der Waals surface area (Å²) in [6.45, 7) is 1.16. The number of ether oxygens (including phenoxy) is 2. The molecule has 0 bridgehead atoms. The van der Waals surface area contributed by atoms with Crippen LogP contribution in [0.3, 0.4) is 0 Å². The quantitative estimate of drug-likeness (QED) is 0.826. The fourth-order valence-corrected chi connectivity index (χ4v) is 2.69. The number of carbonyl (C=O) groups is 2. The van der Waals surface area contributed by atoms with E-state index in [0.717, 1.165) is 25.9 Å². The van der Waals surface area contributed by atoms with E-state index >= 15 is 0 Å². The Bertz CT molecular complexity index is 787. The number of aromatic carboxylic acids is 1. The standard InChI is InChI=1S/C19H20N2O5/c22-18(16-11-13(19(23)24)8-9-20-16)21-15-6-1-2-7-17(15)26-12-14-5-3-4-10-25-14/h1-2,6-9,11,14H,3-5,10,12H2,(H,21,22)(H,23,24). The third kappa shape index (κ3) is 4.58. The van der Waals surface area contributed by atoms with Crippen LogP contribution < -0.4 is 10.1 Å². The molecule has 3 rings (SSSR count). The number of carbonyl (C=O) groups excluding carboxylic acids is 1. The molecule has 1 unspecified atom stereocenters. The Morgan fingerprint density at radius 1 is 1.27 bits per heavy atom. The lowest BCUT2D eigenvalue weighted by molar-refractivity contribution is -0.0109. The Morgan fingerprint density at radius 2 is 2.12 bits per heavy atom. The number of rotatable bonds is 6. The van der Waals surface area contributed by atoms with Crippen molar-refractivity contribution < 1.29 is 24.2 Å². The molecule has 0 radical (unpaired) electrons. The van der Waals surface area contributed by atoms with Crippen molar-refractivity contribution in [1.82, 2.24) is 4.98 Å². The fraction of sp³-hybridized carbons (Fsp3) is 0.316. The summed E-state index contributed by atoms with van der Waals surface area (Å²) in [5.41, 5.74) is 0.523. The molecule has 1 aliphatic heterocycles. The zero-order chi connectivity index (χ0) is 18.4. The second kappa shape index (κ2) is 8.44. The van der Waals surface area contributed by atoms with Gasteiger partial charge in [-0.05, 0) is 43.5 Å². The number of hydrogen-bond donors (Lipinski definition) is 2. The number of amides is 1. The number of carboxylic acid groups (broad SMARTS) is 1. The lowest BCUT2D eigenvalue weighted by Gasteiger charge is -2.23. The molecule has 7 heteroatoms. The van der Waals surface area contributed by atoms with Crippen molar-refractivity contribution in [3.05, 3.63) is 53.9 Å². The van der Waals surface area contributed by atoms with Gasteiger partial charge in [-0.3, -0.25) is 9.78 Å². The summed E-state index contributed by atoms with van der Waals surface area (Å²) < 4.78 is 11.5. The van der Waals surface area contributed by atoms with E-state index < -0.39 is 11.9 Å². The van der Waals surface area contributed by atoms with Crippen LogP contribution in [0.15, 0.2) is 42.6 Å². The molecule has 1 amide bonds. The number of nitrogens with zero attached hydrogens (tertiary/aromatic N) is 1. The van der Waals surface area contributed by atoms with Crippen molar-refractivity contribution >= 4 is 17.6 Å². The number of aromatic nitrogens is 1. The first kappa shape index (κ1) is 17.9. The maximum Gasteiger partial charge on any atom is 0.335 e. The smallest absolute Gasteiger partial charge is 0.335 e. The third-order valence-electron chi connectivity index (χ3n) is 4.07. The van der Waals surface area contributed by atoms with Crippen LogP contribution in [0.25, 0.3) is 0 Å². The fourth-order valence-electron chi connectivity index (χ4n) is 2.69. The average Bonchev–Trinajstić information content (AvgIpc) is 2.68. The first-order valence-electron chi connectivity index (χ1n) is 8.47. The van der Waals surface area contributed by atoms with Crippen molar-refractivity contribution in [3.8, 4) is 5.75 Å². The number of nitrogens with one attached hydrogen (secondary N) is 1. The molecule has 26 heavy (non-hydrogen) atoms. The SMILES string of the molecule is O=C(O)c1ccnc(C(=O)Nc2ccccc2OCC2CCCCO2)c1. The van der Waals surface area contributed by atoms with E-state index in [9.17, 15) is 9.59 Å². The summed E-state index contributed by atoms with van der Waals surface area (Å²) in [7, 11) is 0. The molecular weight excluding hydrogens is 336 g/mol. The van der Waals surface area contributed by atoms with Gasteiger partial charge in [0.05, 0.1) is 17.4 Å². The van der Waals surface area contributed by atoms with Crippen molar-refractivity contribution in [3.63, 3.8) is 0 Å². The Balaban J connectivity index is 1.68. The third-order valence-corrected chi connectivity index (χ3v) is 4.07. The van der Waals surface area contributed by atoms with Crippen LogP contribution in [0, 0.1) is 0 Å². The number of benzene rings is 1. The number of hydrogen-bond acceptors (Lipinski definition) is 5. The Kier molecular flexibility index (Phi) is 5.80. The van der Waals surface area contributed by atoms with Gasteiger partial charge < -0.3 is 19.9 Å². The van der Waals surface area contributed by atoms with E-state index in [1.807, 2.05) is 6.07 Å². The molecule has 1 aromatic heterocycles. The van der Waals surface area contributed by atoms with Crippen LogP contribution in [0.5, 0.6) is 5.75 Å². The molecule has 0 spiro atoms. The summed E-state index contributed by atoms with van der Waals surface area (Å²) in [6, 6.07) is 9.64. The molecule has 1 aliphatic rings. The average molecular weight is 356 g/mol. The van der Waals surface area contributed by atoms with Gasteiger partial charge in [0.1, 0.15) is 18.1 Å². The predicted molar refractivity (Wildman–Crippen MR) is 94.7 cm³/mol. The summed E-state index contributed by atoms with van der Waals surface area (Å²) in [5, 5.41) is 11.7. The van der Waals surface area contributed by atoms with Crippen LogP contribution in [0.1, 0.15) is 40.1 Å². The highest BCUT2D eigenvalue weighted by Crippen LogP contribution is 2.25. The van der Waals surface area contributed by atoms with Crippen LogP contribution in [-0.2, 0) is 4.74 Å². The van der Waals surface area contributed by atoms with Gasteiger partial charge in [0.15, 0.2) is 0 Å². The van der Waals surface area contributed by atoms with Crippen molar-refractivity contribution in [2.45, 2.75) is 25.4 Å². The molecule has 1 atom stereocenters. The summed E-state index contributed by atoms with van der Waals surface area (Å²) in [5.74, 6) is -1.08. The van der Waals surface area contributed by atoms with Gasteiger partial charge in [0.25, 0.3) is 5.91 Å². The molecule has 1 saturated heterocycles. The lowest BCUT2D eigenvalue weighted by Crippen LogP contribution is -2.26. The summed E-state index contributed by atoms with van der Waals surface area (Å²) in [6.07, 6.45) is 4.51. The van der Waals surface area contributed by atoms with Gasteiger partial charge in [0, 0.05) is 12.8 Å². The zero-order valence-corrected chi connectivity index (χ0v) is 14.2. The minimum atomic E-state index is -1.11. The van der Waals surface area contributed by atoms with Crippen molar-refractivity contribution in [2.24, 2.45) is 0 Å². The molecule has 2 N–H and O–H groups in total. The van der Waals surface area contributed by atoms with Crippen molar-refractivity contribution in [1.29, 1.82) is 0 Å². The maximum atomic E-state index is 12.4. The Labute approximate surface area is 151 Å². The van der Waals surface area contributed by atoms with E-state index in [0.29, 0.717) is 18.0 Å². The normalized spacial score (nSPS) is 16.7. The highest BCUT2D eigenvalue weighted by molar-refractivity contribution is 6.04. The van der Waals surface area contributed by atoms with Gasteiger partial charge in [-0.1, -0.05) is 12.1 Å². The molecule has 1 fully saturated rings. The summed E-state index contributed by atoms with van der Waals surface area (Å²) in [4.78, 5) is 27.4. The second-order valence-corrected chi connectivity index (χ2v) is 5.98. The number of pyridine rings is 1. The van der Waals surface area contributed by atoms with Crippen LogP contribution in [0.4, 0.5) is 5.69 Å². The minimum Gasteiger partial charge on any atom is -0.489 e.